The lowest BCUT2D eigenvalue weighted by molar-refractivity contribution is 0.650. The van der Waals surface area contributed by atoms with E-state index in [-0.39, 0.29) is 0 Å². The van der Waals surface area contributed by atoms with Crippen LogP contribution in [0, 0.1) is 12.3 Å². The Morgan fingerprint density at radius 1 is 1.37 bits per heavy atom. The molecule has 4 nitrogen and oxygen atoms in total. The third-order valence-electron chi connectivity index (χ3n) is 4.86. The zero-order valence-corrected chi connectivity index (χ0v) is 16.1. The zero-order valence-electron chi connectivity index (χ0n) is 16.1. The van der Waals surface area contributed by atoms with E-state index in [1.165, 1.54) is 0 Å². The van der Waals surface area contributed by atoms with Gasteiger partial charge in [0.2, 0.25) is 0 Å². The van der Waals surface area contributed by atoms with Crippen LogP contribution in [0.5, 0.6) is 0 Å². The van der Waals surface area contributed by atoms with Gasteiger partial charge < -0.3 is 15.1 Å². The van der Waals surface area contributed by atoms with Gasteiger partial charge in [-0.1, -0.05) is 31.7 Å². The van der Waals surface area contributed by atoms with Crippen LogP contribution in [0.4, 0.5) is 11.5 Å². The minimum Gasteiger partial charge on any atom is -0.366 e. The molecule has 2 aliphatic rings. The Kier molecular flexibility index (Phi) is 5.23. The molecule has 0 radical (unpaired) electrons. The minimum absolute atomic E-state index is 0.356. The van der Waals surface area contributed by atoms with E-state index in [1.54, 1.807) is 12.2 Å². The van der Waals surface area contributed by atoms with Gasteiger partial charge in [0, 0.05) is 24.4 Å². The Morgan fingerprint density at radius 2 is 2.15 bits per heavy atom. The number of aromatic nitrogens is 1. The minimum atomic E-state index is 0.356. The molecule has 1 aromatic rings. The van der Waals surface area contributed by atoms with E-state index >= 15 is 0 Å². The average Bonchev–Trinajstić information content (AvgIpc) is 3.05. The number of hydrogen-bond donors (Lipinski definition) is 1. The van der Waals surface area contributed by atoms with Crippen LogP contribution in [-0.2, 0) is 0 Å². The number of nitrogens with zero attached hydrogens (tertiary/aromatic N) is 3. The predicted octanol–water partition coefficient (Wildman–Crippen LogP) is 4.22. The highest BCUT2D eigenvalue weighted by molar-refractivity contribution is 5.76. The van der Waals surface area contributed by atoms with Gasteiger partial charge in [-0.15, -0.1) is 6.42 Å². The normalized spacial score (nSPS) is 18.6. The molecule has 138 valence electrons. The van der Waals surface area contributed by atoms with Crippen molar-refractivity contribution in [3.63, 3.8) is 0 Å². The SMILES string of the molecule is C#CC(=C/C=C)/C=C(\C)NC(=C)N1c2nc(C(=C)C)ccc2N2CCC1C2. The third-order valence-corrected chi connectivity index (χ3v) is 4.86. The van der Waals surface area contributed by atoms with Crippen LogP contribution in [0.3, 0.4) is 0 Å². The first-order valence-corrected chi connectivity index (χ1v) is 9.09. The van der Waals surface area contributed by atoms with Crippen LogP contribution < -0.4 is 15.1 Å². The highest BCUT2D eigenvalue weighted by Crippen LogP contribution is 2.40. The van der Waals surface area contributed by atoms with Crippen LogP contribution in [0.25, 0.3) is 5.57 Å². The number of rotatable bonds is 6. The summed E-state index contributed by atoms with van der Waals surface area (Å²) >= 11 is 0. The molecule has 4 heteroatoms. The number of terminal acetylenes is 1. The maximum atomic E-state index is 5.54. The summed E-state index contributed by atoms with van der Waals surface area (Å²) in [6, 6.07) is 4.53. The molecule has 1 N–H and O–H groups in total. The maximum absolute atomic E-state index is 5.54. The van der Waals surface area contributed by atoms with Crippen LogP contribution in [-0.4, -0.2) is 24.1 Å². The smallest absolute Gasteiger partial charge is 0.158 e. The summed E-state index contributed by atoms with van der Waals surface area (Å²) in [4.78, 5) is 9.49. The molecular weight excluding hydrogens is 332 g/mol. The van der Waals surface area contributed by atoms with Crippen molar-refractivity contribution in [2.75, 3.05) is 22.9 Å². The van der Waals surface area contributed by atoms with Gasteiger partial charge in [0.15, 0.2) is 5.82 Å². The second-order valence-corrected chi connectivity index (χ2v) is 6.98. The molecule has 1 fully saturated rings. The quantitative estimate of drug-likeness (QED) is 0.609. The Balaban J connectivity index is 1.92. The second-order valence-electron chi connectivity index (χ2n) is 6.98. The average molecular weight is 358 g/mol. The molecule has 2 aliphatic heterocycles. The lowest BCUT2D eigenvalue weighted by Gasteiger charge is -2.38. The summed E-state index contributed by atoms with van der Waals surface area (Å²) in [6.45, 7) is 18.0. The predicted molar refractivity (Wildman–Crippen MR) is 115 cm³/mol. The van der Waals surface area contributed by atoms with E-state index in [0.717, 1.165) is 59.4 Å². The molecule has 27 heavy (non-hydrogen) atoms. The van der Waals surface area contributed by atoms with Gasteiger partial charge in [0.1, 0.15) is 5.82 Å². The number of fused-ring (bicyclic) bond motifs is 4. The fourth-order valence-electron chi connectivity index (χ4n) is 3.62. The molecule has 0 aromatic carbocycles. The second kappa shape index (κ2) is 7.59. The van der Waals surface area contributed by atoms with Gasteiger partial charge in [0.05, 0.1) is 17.4 Å². The molecule has 0 saturated carbocycles. The fourth-order valence-corrected chi connectivity index (χ4v) is 3.62. The molecule has 1 atom stereocenters. The zero-order chi connectivity index (χ0) is 19.6. The van der Waals surface area contributed by atoms with Gasteiger partial charge in [-0.05, 0) is 50.1 Å². The fraction of sp³-hybridized carbons (Fsp3) is 0.261. The van der Waals surface area contributed by atoms with E-state index < -0.39 is 0 Å². The third kappa shape index (κ3) is 3.68. The summed E-state index contributed by atoms with van der Waals surface area (Å²) in [5.74, 6) is 4.39. The van der Waals surface area contributed by atoms with Gasteiger partial charge >= 0.3 is 0 Å². The molecular formula is C23H26N4. The van der Waals surface area contributed by atoms with E-state index in [4.69, 9.17) is 11.4 Å². The molecule has 3 rings (SSSR count). The van der Waals surface area contributed by atoms with Crippen molar-refractivity contribution < 1.29 is 0 Å². The van der Waals surface area contributed by atoms with Crippen molar-refractivity contribution in [1.82, 2.24) is 10.3 Å². The largest absolute Gasteiger partial charge is 0.366 e. The molecule has 3 heterocycles. The van der Waals surface area contributed by atoms with E-state index in [1.807, 2.05) is 26.0 Å². The van der Waals surface area contributed by atoms with E-state index in [9.17, 15) is 0 Å². The first-order chi connectivity index (χ1) is 12.9. The highest BCUT2D eigenvalue weighted by Gasteiger charge is 2.38. The first-order valence-electron chi connectivity index (χ1n) is 9.09. The number of nitrogens with one attached hydrogen (secondary N) is 1. The van der Waals surface area contributed by atoms with Gasteiger partial charge in [-0.25, -0.2) is 4.98 Å². The van der Waals surface area contributed by atoms with Crippen molar-refractivity contribution in [2.24, 2.45) is 0 Å². The summed E-state index contributed by atoms with van der Waals surface area (Å²) in [5.41, 5.74) is 4.69. The standard InChI is InChI=1S/C23H26N4/c1-7-9-19(8-2)14-17(5)24-18(6)27-20-12-13-26(15-20)22-11-10-21(16(3)4)25-23(22)27/h2,7,9-11,14,20,24H,1,3,6,12-13,15H2,4-5H3/b17-14+,19-9-. The molecule has 2 bridgehead atoms. The van der Waals surface area contributed by atoms with Crippen molar-refractivity contribution >= 4 is 17.1 Å². The summed E-state index contributed by atoms with van der Waals surface area (Å²) in [6.07, 6.45) is 12.0. The topological polar surface area (TPSA) is 31.4 Å². The van der Waals surface area contributed by atoms with Gasteiger partial charge in [0.25, 0.3) is 0 Å². The molecule has 0 amide bonds. The Morgan fingerprint density at radius 3 is 2.81 bits per heavy atom. The van der Waals surface area contributed by atoms with Crippen molar-refractivity contribution in [3.05, 3.63) is 72.9 Å². The van der Waals surface area contributed by atoms with E-state index in [2.05, 4.69) is 46.8 Å². The van der Waals surface area contributed by atoms with Crippen molar-refractivity contribution in [2.45, 2.75) is 26.3 Å². The Bertz CT molecular complexity index is 897. The first kappa shape index (κ1) is 18.6. The summed E-state index contributed by atoms with van der Waals surface area (Å²) in [5, 5.41) is 3.39. The van der Waals surface area contributed by atoms with Crippen molar-refractivity contribution in [1.29, 1.82) is 0 Å². The molecule has 1 unspecified atom stereocenters. The Labute approximate surface area is 162 Å². The van der Waals surface area contributed by atoms with Gasteiger partial charge in [-0.3, -0.25) is 0 Å². The monoisotopic (exact) mass is 358 g/mol. The summed E-state index contributed by atoms with van der Waals surface area (Å²) < 4.78 is 0. The van der Waals surface area contributed by atoms with Crippen LogP contribution in [0.2, 0.25) is 0 Å². The molecule has 1 saturated heterocycles. The number of hydrogen-bond acceptors (Lipinski definition) is 4. The number of anilines is 2. The molecule has 0 spiro atoms. The van der Waals surface area contributed by atoms with Crippen LogP contribution >= 0.6 is 0 Å². The number of allylic oxidation sites excluding steroid dienone is 6. The van der Waals surface area contributed by atoms with Crippen molar-refractivity contribution in [3.8, 4) is 12.3 Å². The lowest BCUT2D eigenvalue weighted by atomic mass is 10.1. The van der Waals surface area contributed by atoms with Crippen LogP contribution in [0.15, 0.2) is 67.2 Å². The Hall–Kier alpha value is -3.19. The number of pyridine rings is 1. The molecule has 1 aromatic heterocycles. The molecule has 0 aliphatic carbocycles. The van der Waals surface area contributed by atoms with E-state index in [0.29, 0.717) is 6.04 Å². The van der Waals surface area contributed by atoms with Crippen LogP contribution in [0.1, 0.15) is 26.0 Å². The van der Waals surface area contributed by atoms with Gasteiger partial charge in [-0.2, -0.15) is 0 Å². The highest BCUT2D eigenvalue weighted by atomic mass is 15.4. The summed E-state index contributed by atoms with van der Waals surface area (Å²) in [7, 11) is 0. The maximum Gasteiger partial charge on any atom is 0.158 e. The lowest BCUT2D eigenvalue weighted by Crippen LogP contribution is -2.45.